The highest BCUT2D eigenvalue weighted by molar-refractivity contribution is 7.89. The summed E-state index contributed by atoms with van der Waals surface area (Å²) in [6, 6.07) is 14.7. The van der Waals surface area contributed by atoms with Gasteiger partial charge in [-0.3, -0.25) is 0 Å². The molecule has 136 valence electrons. The summed E-state index contributed by atoms with van der Waals surface area (Å²) in [5.74, 6) is 0. The van der Waals surface area contributed by atoms with Crippen LogP contribution in [0.5, 0.6) is 0 Å². The molecule has 7 heteroatoms. The Morgan fingerprint density at radius 2 is 1.85 bits per heavy atom. The second kappa shape index (κ2) is 7.87. The molecule has 1 saturated heterocycles. The van der Waals surface area contributed by atoms with Gasteiger partial charge >= 0.3 is 0 Å². The standard InChI is InChI=1S/C19H21N3O3S/c1-15-2-7-18(21-14-17-5-3-16(13-20)4-6-17)12-19(15)26(23,24)22-8-10-25-11-9-22/h2-7,12,21H,8-11,14H2,1H3. The van der Waals surface area contributed by atoms with E-state index in [1.54, 1.807) is 25.1 Å². The highest BCUT2D eigenvalue weighted by Crippen LogP contribution is 2.24. The monoisotopic (exact) mass is 371 g/mol. The molecule has 1 N–H and O–H groups in total. The van der Waals surface area contributed by atoms with Crippen molar-refractivity contribution in [1.29, 1.82) is 5.26 Å². The molecule has 1 fully saturated rings. The molecule has 0 radical (unpaired) electrons. The van der Waals surface area contributed by atoms with E-state index in [2.05, 4.69) is 11.4 Å². The summed E-state index contributed by atoms with van der Waals surface area (Å²) in [6.07, 6.45) is 0. The predicted molar refractivity (Wildman–Crippen MR) is 99.2 cm³/mol. The molecule has 1 aliphatic heterocycles. The van der Waals surface area contributed by atoms with E-state index in [9.17, 15) is 8.42 Å². The molecule has 0 aliphatic carbocycles. The molecule has 0 bridgehead atoms. The van der Waals surface area contributed by atoms with Crippen molar-refractivity contribution in [3.05, 3.63) is 59.2 Å². The smallest absolute Gasteiger partial charge is 0.243 e. The van der Waals surface area contributed by atoms with Crippen LogP contribution in [0.3, 0.4) is 0 Å². The average molecular weight is 371 g/mol. The summed E-state index contributed by atoms with van der Waals surface area (Å²) in [4.78, 5) is 0.323. The summed E-state index contributed by atoms with van der Waals surface area (Å²) in [7, 11) is -3.53. The van der Waals surface area contributed by atoms with Gasteiger partial charge in [-0.2, -0.15) is 9.57 Å². The maximum absolute atomic E-state index is 12.9. The normalized spacial score (nSPS) is 15.4. The molecule has 1 aliphatic rings. The van der Waals surface area contributed by atoms with Crippen LogP contribution in [0, 0.1) is 18.3 Å². The third-order valence-corrected chi connectivity index (χ3v) is 6.40. The van der Waals surface area contributed by atoms with Gasteiger partial charge in [0.15, 0.2) is 0 Å². The Hall–Kier alpha value is -2.40. The molecule has 6 nitrogen and oxygen atoms in total. The number of aryl methyl sites for hydroxylation is 1. The Balaban J connectivity index is 1.77. The number of morpholine rings is 1. The van der Waals surface area contributed by atoms with Crippen molar-refractivity contribution >= 4 is 15.7 Å². The summed E-state index contributed by atoms with van der Waals surface area (Å²) in [5.41, 5.74) is 3.09. The van der Waals surface area contributed by atoms with Crippen LogP contribution in [-0.2, 0) is 21.3 Å². The Bertz CT molecular complexity index is 912. The molecular weight excluding hydrogens is 350 g/mol. The molecule has 0 aromatic heterocycles. The first kappa shape index (κ1) is 18.4. The zero-order valence-electron chi connectivity index (χ0n) is 14.6. The third-order valence-electron chi connectivity index (χ3n) is 4.36. The molecule has 26 heavy (non-hydrogen) atoms. The van der Waals surface area contributed by atoms with E-state index >= 15 is 0 Å². The highest BCUT2D eigenvalue weighted by atomic mass is 32.2. The van der Waals surface area contributed by atoms with Crippen molar-refractivity contribution in [2.75, 3.05) is 31.6 Å². The molecule has 0 unspecified atom stereocenters. The number of nitrogens with one attached hydrogen (secondary N) is 1. The van der Waals surface area contributed by atoms with E-state index in [0.717, 1.165) is 16.8 Å². The van der Waals surface area contributed by atoms with Crippen LogP contribution >= 0.6 is 0 Å². The van der Waals surface area contributed by atoms with Crippen molar-refractivity contribution in [1.82, 2.24) is 4.31 Å². The van der Waals surface area contributed by atoms with Gasteiger partial charge in [0.1, 0.15) is 0 Å². The van der Waals surface area contributed by atoms with Gasteiger partial charge in [0.25, 0.3) is 0 Å². The Kier molecular flexibility index (Phi) is 5.57. The van der Waals surface area contributed by atoms with E-state index in [-0.39, 0.29) is 0 Å². The molecule has 2 aromatic carbocycles. The number of ether oxygens (including phenoxy) is 1. The Labute approximate surface area is 154 Å². The van der Waals surface area contributed by atoms with Gasteiger partial charge in [-0.25, -0.2) is 8.42 Å². The molecular formula is C19H21N3O3S. The fourth-order valence-corrected chi connectivity index (χ4v) is 4.47. The van der Waals surface area contributed by atoms with Crippen molar-refractivity contribution < 1.29 is 13.2 Å². The van der Waals surface area contributed by atoms with Gasteiger partial charge in [0.2, 0.25) is 10.0 Å². The van der Waals surface area contributed by atoms with E-state index in [4.69, 9.17) is 10.00 Å². The summed E-state index contributed by atoms with van der Waals surface area (Å²) in [6.45, 7) is 3.96. The lowest BCUT2D eigenvalue weighted by Crippen LogP contribution is -2.40. The quantitative estimate of drug-likeness (QED) is 0.873. The second-order valence-corrected chi connectivity index (χ2v) is 8.07. The predicted octanol–water partition coefficient (Wildman–Crippen LogP) is 2.50. The molecule has 1 heterocycles. The van der Waals surface area contributed by atoms with Crippen LogP contribution < -0.4 is 5.32 Å². The SMILES string of the molecule is Cc1ccc(NCc2ccc(C#N)cc2)cc1S(=O)(=O)N1CCOCC1. The van der Waals surface area contributed by atoms with E-state index < -0.39 is 10.0 Å². The lowest BCUT2D eigenvalue weighted by molar-refractivity contribution is 0.0730. The third kappa shape index (κ3) is 4.05. The van der Waals surface area contributed by atoms with Crippen LogP contribution in [0.25, 0.3) is 0 Å². The molecule has 0 saturated carbocycles. The van der Waals surface area contributed by atoms with Gasteiger partial charge in [-0.1, -0.05) is 18.2 Å². The number of sulfonamides is 1. The maximum atomic E-state index is 12.9. The zero-order chi connectivity index (χ0) is 18.6. The largest absolute Gasteiger partial charge is 0.381 e. The molecule has 3 rings (SSSR count). The first-order valence-corrected chi connectivity index (χ1v) is 9.86. The van der Waals surface area contributed by atoms with Crippen molar-refractivity contribution in [3.63, 3.8) is 0 Å². The van der Waals surface area contributed by atoms with Crippen molar-refractivity contribution in [2.45, 2.75) is 18.4 Å². The Morgan fingerprint density at radius 1 is 1.15 bits per heavy atom. The number of rotatable bonds is 5. The lowest BCUT2D eigenvalue weighted by atomic mass is 10.1. The van der Waals surface area contributed by atoms with Gasteiger partial charge in [-0.15, -0.1) is 0 Å². The van der Waals surface area contributed by atoms with Crippen molar-refractivity contribution in [2.24, 2.45) is 0 Å². The molecule has 2 aromatic rings. The van der Waals surface area contributed by atoms with Crippen LogP contribution in [0.1, 0.15) is 16.7 Å². The number of nitriles is 1. The van der Waals surface area contributed by atoms with Gasteiger partial charge in [-0.05, 0) is 42.3 Å². The molecule has 0 spiro atoms. The molecule has 0 amide bonds. The first-order valence-electron chi connectivity index (χ1n) is 8.42. The Morgan fingerprint density at radius 3 is 2.50 bits per heavy atom. The van der Waals surface area contributed by atoms with Crippen LogP contribution in [0.2, 0.25) is 0 Å². The van der Waals surface area contributed by atoms with E-state index in [0.29, 0.717) is 43.3 Å². The minimum atomic E-state index is -3.53. The zero-order valence-corrected chi connectivity index (χ0v) is 15.4. The van der Waals surface area contributed by atoms with E-state index in [1.807, 2.05) is 24.3 Å². The topological polar surface area (TPSA) is 82.4 Å². The summed E-state index contributed by atoms with van der Waals surface area (Å²) in [5, 5.41) is 12.1. The summed E-state index contributed by atoms with van der Waals surface area (Å²) >= 11 is 0. The fourth-order valence-electron chi connectivity index (χ4n) is 2.82. The molecule has 0 atom stereocenters. The number of benzene rings is 2. The first-order chi connectivity index (χ1) is 12.5. The van der Waals surface area contributed by atoms with Crippen molar-refractivity contribution in [3.8, 4) is 6.07 Å². The summed E-state index contributed by atoms with van der Waals surface area (Å²) < 4.78 is 32.6. The highest BCUT2D eigenvalue weighted by Gasteiger charge is 2.27. The second-order valence-electron chi connectivity index (χ2n) is 6.16. The lowest BCUT2D eigenvalue weighted by Gasteiger charge is -2.27. The maximum Gasteiger partial charge on any atom is 0.243 e. The number of hydrogen-bond acceptors (Lipinski definition) is 5. The average Bonchev–Trinajstić information content (AvgIpc) is 2.68. The van der Waals surface area contributed by atoms with Crippen LogP contribution in [0.15, 0.2) is 47.4 Å². The van der Waals surface area contributed by atoms with E-state index in [1.165, 1.54) is 4.31 Å². The van der Waals surface area contributed by atoms with Gasteiger partial charge < -0.3 is 10.1 Å². The van der Waals surface area contributed by atoms with Crippen LogP contribution in [-0.4, -0.2) is 39.0 Å². The minimum absolute atomic E-state index is 0.323. The number of anilines is 1. The fraction of sp³-hybridized carbons (Fsp3) is 0.316. The van der Waals surface area contributed by atoms with Gasteiger partial charge in [0, 0.05) is 25.3 Å². The van der Waals surface area contributed by atoms with Crippen LogP contribution in [0.4, 0.5) is 5.69 Å². The minimum Gasteiger partial charge on any atom is -0.381 e. The number of nitrogens with zero attached hydrogens (tertiary/aromatic N) is 2. The van der Waals surface area contributed by atoms with Gasteiger partial charge in [0.05, 0.1) is 29.7 Å². The number of hydrogen-bond donors (Lipinski definition) is 1.